The summed E-state index contributed by atoms with van der Waals surface area (Å²) in [4.78, 5) is 0. The molecule has 0 amide bonds. The largest absolute Gasteiger partial charge is 0.472 e. The van der Waals surface area contributed by atoms with Crippen LogP contribution in [0, 0.1) is 12.8 Å². The van der Waals surface area contributed by atoms with Crippen molar-refractivity contribution in [3.8, 4) is 0 Å². The monoisotopic (exact) mass is 196 g/mol. The molecular weight excluding hydrogens is 180 g/mol. The molecule has 0 radical (unpaired) electrons. The average Bonchev–Trinajstić information content (AvgIpc) is 2.72. The maximum atomic E-state index is 10.4. The molecule has 3 heteroatoms. The summed E-state index contributed by atoms with van der Waals surface area (Å²) in [6.45, 7) is 5.17. The van der Waals surface area contributed by atoms with Crippen LogP contribution in [0.5, 0.6) is 0 Å². The van der Waals surface area contributed by atoms with E-state index >= 15 is 0 Å². The number of rotatable bonds is 2. The van der Waals surface area contributed by atoms with E-state index in [2.05, 4.69) is 0 Å². The lowest BCUT2D eigenvalue weighted by Crippen LogP contribution is -2.32. The molecule has 1 aliphatic rings. The first-order valence-electron chi connectivity index (χ1n) is 4.95. The van der Waals surface area contributed by atoms with Gasteiger partial charge in [-0.25, -0.2) is 0 Å². The van der Waals surface area contributed by atoms with Crippen LogP contribution in [0.1, 0.15) is 24.5 Å². The fraction of sp³-hybridized carbons (Fsp3) is 0.636. The zero-order chi connectivity index (χ0) is 10.2. The second-order valence-corrected chi connectivity index (χ2v) is 4.18. The molecule has 14 heavy (non-hydrogen) atoms. The minimum atomic E-state index is -0.826. The van der Waals surface area contributed by atoms with E-state index in [-0.39, 0.29) is 5.92 Å². The minimum absolute atomic E-state index is 0.179. The number of hydrogen-bond acceptors (Lipinski definition) is 3. The Balaban J connectivity index is 2.26. The summed E-state index contributed by atoms with van der Waals surface area (Å²) < 4.78 is 10.4. The van der Waals surface area contributed by atoms with Gasteiger partial charge in [-0.15, -0.1) is 0 Å². The van der Waals surface area contributed by atoms with E-state index in [9.17, 15) is 5.11 Å². The molecule has 78 valence electrons. The maximum absolute atomic E-state index is 10.4. The number of hydrogen-bond donors (Lipinski definition) is 1. The standard InChI is InChI=1S/C11H16O3/c1-8-5-14-7-10(8)11(2,12)9-3-4-13-6-9/h5,7,9,12H,3-4,6H2,1-2H3. The number of ether oxygens (including phenoxy) is 1. The van der Waals surface area contributed by atoms with Crippen molar-refractivity contribution in [2.24, 2.45) is 5.92 Å². The minimum Gasteiger partial charge on any atom is -0.472 e. The molecule has 0 aromatic carbocycles. The Morgan fingerprint density at radius 2 is 2.29 bits per heavy atom. The van der Waals surface area contributed by atoms with Crippen molar-refractivity contribution < 1.29 is 14.3 Å². The molecule has 1 aliphatic heterocycles. The van der Waals surface area contributed by atoms with E-state index in [0.29, 0.717) is 6.61 Å². The second-order valence-electron chi connectivity index (χ2n) is 4.18. The summed E-state index contributed by atoms with van der Waals surface area (Å²) in [6, 6.07) is 0. The number of aliphatic hydroxyl groups is 1. The lowest BCUT2D eigenvalue weighted by Gasteiger charge is -2.28. The molecule has 3 nitrogen and oxygen atoms in total. The molecule has 2 unspecified atom stereocenters. The van der Waals surface area contributed by atoms with Crippen LogP contribution in [0.25, 0.3) is 0 Å². The molecule has 0 spiro atoms. The van der Waals surface area contributed by atoms with Gasteiger partial charge in [-0.2, -0.15) is 0 Å². The van der Waals surface area contributed by atoms with Crippen LogP contribution in [0.15, 0.2) is 16.9 Å². The average molecular weight is 196 g/mol. The topological polar surface area (TPSA) is 42.6 Å². The Hall–Kier alpha value is -0.800. The first kappa shape index (κ1) is 9.74. The molecule has 2 atom stereocenters. The lowest BCUT2D eigenvalue weighted by molar-refractivity contribution is -0.0106. The summed E-state index contributed by atoms with van der Waals surface area (Å²) >= 11 is 0. The Bertz CT molecular complexity index is 308. The maximum Gasteiger partial charge on any atom is 0.0966 e. The van der Waals surface area contributed by atoms with Gasteiger partial charge in [0.05, 0.1) is 24.7 Å². The molecule has 2 heterocycles. The fourth-order valence-electron chi connectivity index (χ4n) is 2.08. The highest BCUT2D eigenvalue weighted by molar-refractivity contribution is 5.26. The summed E-state index contributed by atoms with van der Waals surface area (Å²) in [6.07, 6.45) is 4.21. The third kappa shape index (κ3) is 1.47. The molecule has 1 fully saturated rings. The van der Waals surface area contributed by atoms with Crippen molar-refractivity contribution in [3.63, 3.8) is 0 Å². The molecule has 1 N–H and O–H groups in total. The summed E-state index contributed by atoms with van der Waals surface area (Å²) in [7, 11) is 0. The van der Waals surface area contributed by atoms with Crippen molar-refractivity contribution in [2.75, 3.05) is 13.2 Å². The Morgan fingerprint density at radius 1 is 1.50 bits per heavy atom. The highest BCUT2D eigenvalue weighted by atomic mass is 16.5. The third-order valence-electron chi connectivity index (χ3n) is 3.13. The van der Waals surface area contributed by atoms with E-state index < -0.39 is 5.60 Å². The normalized spacial score (nSPS) is 26.4. The molecule has 1 aromatic heterocycles. The Labute approximate surface area is 83.7 Å². The summed E-state index contributed by atoms with van der Waals surface area (Å²) in [5.74, 6) is 0.179. The van der Waals surface area contributed by atoms with Gasteiger partial charge >= 0.3 is 0 Å². The molecule has 2 rings (SSSR count). The molecular formula is C11H16O3. The quantitative estimate of drug-likeness (QED) is 0.784. The smallest absolute Gasteiger partial charge is 0.0966 e. The molecule has 1 saturated heterocycles. The zero-order valence-corrected chi connectivity index (χ0v) is 8.62. The van der Waals surface area contributed by atoms with E-state index in [1.54, 1.807) is 12.5 Å². The van der Waals surface area contributed by atoms with Crippen LogP contribution < -0.4 is 0 Å². The predicted octanol–water partition coefficient (Wildman–Crippen LogP) is 1.83. The van der Waals surface area contributed by atoms with E-state index in [4.69, 9.17) is 9.15 Å². The number of aryl methyl sites for hydroxylation is 1. The van der Waals surface area contributed by atoms with Crippen LogP contribution in [0.3, 0.4) is 0 Å². The second kappa shape index (κ2) is 3.41. The van der Waals surface area contributed by atoms with Crippen molar-refractivity contribution >= 4 is 0 Å². The van der Waals surface area contributed by atoms with Gasteiger partial charge in [0, 0.05) is 18.1 Å². The van der Waals surface area contributed by atoms with Crippen molar-refractivity contribution in [2.45, 2.75) is 25.9 Å². The molecule has 0 saturated carbocycles. The van der Waals surface area contributed by atoms with Crippen LogP contribution in [0.2, 0.25) is 0 Å². The van der Waals surface area contributed by atoms with Gasteiger partial charge in [0.2, 0.25) is 0 Å². The first-order valence-corrected chi connectivity index (χ1v) is 4.95. The van der Waals surface area contributed by atoms with E-state index in [1.165, 1.54) is 0 Å². The lowest BCUT2D eigenvalue weighted by atomic mass is 9.82. The highest BCUT2D eigenvalue weighted by Crippen LogP contribution is 2.36. The molecule has 0 bridgehead atoms. The number of furan rings is 1. The van der Waals surface area contributed by atoms with E-state index in [1.807, 2.05) is 13.8 Å². The van der Waals surface area contributed by atoms with Crippen LogP contribution in [0.4, 0.5) is 0 Å². The van der Waals surface area contributed by atoms with Crippen molar-refractivity contribution in [1.82, 2.24) is 0 Å². The van der Waals surface area contributed by atoms with Gasteiger partial charge < -0.3 is 14.3 Å². The zero-order valence-electron chi connectivity index (χ0n) is 8.62. The van der Waals surface area contributed by atoms with Gasteiger partial charge in [0.1, 0.15) is 0 Å². The Morgan fingerprint density at radius 3 is 2.79 bits per heavy atom. The van der Waals surface area contributed by atoms with Crippen LogP contribution >= 0.6 is 0 Å². The van der Waals surface area contributed by atoms with Gasteiger partial charge in [0.25, 0.3) is 0 Å². The first-order chi connectivity index (χ1) is 6.62. The third-order valence-corrected chi connectivity index (χ3v) is 3.13. The summed E-state index contributed by atoms with van der Waals surface area (Å²) in [5.41, 5.74) is 1.06. The van der Waals surface area contributed by atoms with Gasteiger partial charge in [-0.05, 0) is 25.8 Å². The highest BCUT2D eigenvalue weighted by Gasteiger charge is 2.38. The van der Waals surface area contributed by atoms with Gasteiger partial charge in [0.15, 0.2) is 0 Å². The predicted molar refractivity (Wildman–Crippen MR) is 51.9 cm³/mol. The van der Waals surface area contributed by atoms with E-state index in [0.717, 1.165) is 24.2 Å². The van der Waals surface area contributed by atoms with Crippen LogP contribution in [-0.4, -0.2) is 18.3 Å². The summed E-state index contributed by atoms with van der Waals surface area (Å²) in [5, 5.41) is 10.4. The van der Waals surface area contributed by atoms with Crippen molar-refractivity contribution in [1.29, 1.82) is 0 Å². The fourth-order valence-corrected chi connectivity index (χ4v) is 2.08. The van der Waals surface area contributed by atoms with Gasteiger partial charge in [-0.1, -0.05) is 0 Å². The van der Waals surface area contributed by atoms with Crippen LogP contribution in [-0.2, 0) is 10.3 Å². The van der Waals surface area contributed by atoms with Gasteiger partial charge in [-0.3, -0.25) is 0 Å². The van der Waals surface area contributed by atoms with Crippen molar-refractivity contribution in [3.05, 3.63) is 23.7 Å². The molecule has 0 aliphatic carbocycles. The SMILES string of the molecule is Cc1cocc1C(C)(O)C1CCOC1. The Kier molecular flexibility index (Phi) is 2.37. The molecule has 1 aromatic rings.